The maximum absolute atomic E-state index is 12.5. The number of benzene rings is 1. The van der Waals surface area contributed by atoms with Crippen LogP contribution in [-0.2, 0) is 14.3 Å². The average molecular weight is 382 g/mol. The highest BCUT2D eigenvalue weighted by Gasteiger charge is 2.30. The van der Waals surface area contributed by atoms with Gasteiger partial charge in [-0.05, 0) is 24.6 Å². The van der Waals surface area contributed by atoms with E-state index in [1.807, 2.05) is 0 Å². The highest BCUT2D eigenvalue weighted by Crippen LogP contribution is 2.42. The second-order valence-corrected chi connectivity index (χ2v) is 7.57. The molecule has 0 saturated carbocycles. The highest BCUT2D eigenvalue weighted by molar-refractivity contribution is 8.25. The van der Waals surface area contributed by atoms with Crippen LogP contribution in [0.2, 0.25) is 0 Å². The van der Waals surface area contributed by atoms with Crippen LogP contribution in [0.5, 0.6) is 0 Å². The molecule has 1 unspecified atom stereocenters. The number of esters is 1. The van der Waals surface area contributed by atoms with Crippen LogP contribution in [-0.4, -0.2) is 34.9 Å². The van der Waals surface area contributed by atoms with E-state index in [1.54, 1.807) is 42.6 Å². The van der Waals surface area contributed by atoms with Gasteiger partial charge in [0, 0.05) is 30.6 Å². The van der Waals surface area contributed by atoms with E-state index in [9.17, 15) is 19.7 Å². The molecule has 0 spiro atoms. The number of nitrogens with one attached hydrogen (secondary N) is 1. The van der Waals surface area contributed by atoms with Crippen molar-refractivity contribution in [1.82, 2.24) is 5.32 Å². The van der Waals surface area contributed by atoms with E-state index in [0.29, 0.717) is 11.1 Å². The first-order valence-corrected chi connectivity index (χ1v) is 9.59. The van der Waals surface area contributed by atoms with Gasteiger partial charge in [-0.1, -0.05) is 0 Å². The summed E-state index contributed by atoms with van der Waals surface area (Å²) in [5.74, 6) is 0.946. The number of hydrogen-bond acceptors (Lipinski definition) is 7. The number of thioether (sulfide) groups is 2. The molecule has 9 heteroatoms. The van der Waals surface area contributed by atoms with Gasteiger partial charge in [0.2, 0.25) is 5.91 Å². The van der Waals surface area contributed by atoms with Crippen LogP contribution in [0.15, 0.2) is 34.1 Å². The molecule has 1 aromatic rings. The number of ether oxygens (including phenoxy) is 1. The molecule has 1 atom stereocenters. The summed E-state index contributed by atoms with van der Waals surface area (Å²) in [6.45, 7) is 3.30. The van der Waals surface area contributed by atoms with Crippen molar-refractivity contribution in [2.45, 2.75) is 19.9 Å². The Balaban J connectivity index is 2.48. The van der Waals surface area contributed by atoms with Crippen LogP contribution in [0.4, 0.5) is 5.69 Å². The number of nitrogens with zero attached hydrogens (tertiary/aromatic N) is 1. The van der Waals surface area contributed by atoms with Crippen molar-refractivity contribution >= 4 is 41.1 Å². The van der Waals surface area contributed by atoms with Gasteiger partial charge in [-0.25, -0.2) is 4.79 Å². The summed E-state index contributed by atoms with van der Waals surface area (Å²) >= 11 is 3.09. The lowest BCUT2D eigenvalue weighted by atomic mass is 9.99. The van der Waals surface area contributed by atoms with Gasteiger partial charge in [0.1, 0.15) is 0 Å². The molecule has 1 aliphatic heterocycles. The second-order valence-electron chi connectivity index (χ2n) is 5.10. The van der Waals surface area contributed by atoms with E-state index in [0.717, 1.165) is 15.7 Å². The van der Waals surface area contributed by atoms with Crippen molar-refractivity contribution in [2.24, 2.45) is 0 Å². The van der Waals surface area contributed by atoms with E-state index >= 15 is 0 Å². The van der Waals surface area contributed by atoms with Crippen molar-refractivity contribution in [3.63, 3.8) is 0 Å². The minimum atomic E-state index is -0.717. The zero-order chi connectivity index (χ0) is 18.4. The first-order chi connectivity index (χ1) is 11.9. The molecule has 7 nitrogen and oxygen atoms in total. The molecule has 1 saturated heterocycles. The average Bonchev–Trinajstić information content (AvgIpc) is 3.08. The third-order valence-electron chi connectivity index (χ3n) is 3.34. The number of nitro groups is 1. The Morgan fingerprint density at radius 1 is 1.28 bits per heavy atom. The fourth-order valence-corrected chi connectivity index (χ4v) is 4.89. The van der Waals surface area contributed by atoms with Gasteiger partial charge in [0.05, 0.1) is 27.4 Å². The first kappa shape index (κ1) is 19.3. The third-order valence-corrected chi connectivity index (χ3v) is 6.08. The topological polar surface area (TPSA) is 98.5 Å². The Bertz CT molecular complexity index is 695. The Labute approximate surface area is 153 Å². The molecule has 0 radical (unpaired) electrons. The highest BCUT2D eigenvalue weighted by atomic mass is 32.2. The SMILES string of the molecule is CCOC(=O)C(=C1SCCS1)C(NC(C)=O)c1ccc([N+](=O)[O-])cc1. The van der Waals surface area contributed by atoms with Crippen molar-refractivity contribution in [2.75, 3.05) is 18.1 Å². The van der Waals surface area contributed by atoms with Gasteiger partial charge in [-0.3, -0.25) is 14.9 Å². The summed E-state index contributed by atoms with van der Waals surface area (Å²) in [6, 6.07) is 5.08. The van der Waals surface area contributed by atoms with Crippen molar-refractivity contribution in [3.05, 3.63) is 49.8 Å². The minimum absolute atomic E-state index is 0.0553. The van der Waals surface area contributed by atoms with Gasteiger partial charge in [0.25, 0.3) is 5.69 Å². The van der Waals surface area contributed by atoms with Crippen LogP contribution in [0.1, 0.15) is 25.5 Å². The molecule has 25 heavy (non-hydrogen) atoms. The van der Waals surface area contributed by atoms with Gasteiger partial charge >= 0.3 is 5.97 Å². The smallest absolute Gasteiger partial charge is 0.338 e. The predicted octanol–water partition coefficient (Wildman–Crippen LogP) is 3.03. The number of carbonyl (C=O) groups is 2. The number of amides is 1. The Hall–Kier alpha value is -2.00. The lowest BCUT2D eigenvalue weighted by molar-refractivity contribution is -0.384. The number of carbonyl (C=O) groups excluding carboxylic acids is 2. The fourth-order valence-electron chi connectivity index (χ4n) is 2.31. The molecule has 1 aliphatic rings. The molecule has 134 valence electrons. The summed E-state index contributed by atoms with van der Waals surface area (Å²) in [5, 5.41) is 13.6. The Morgan fingerprint density at radius 3 is 2.36 bits per heavy atom. The van der Waals surface area contributed by atoms with Gasteiger partial charge in [0.15, 0.2) is 0 Å². The predicted molar refractivity (Wildman–Crippen MR) is 98.2 cm³/mol. The fraction of sp³-hybridized carbons (Fsp3) is 0.375. The van der Waals surface area contributed by atoms with Crippen LogP contribution < -0.4 is 5.32 Å². The van der Waals surface area contributed by atoms with E-state index < -0.39 is 16.9 Å². The number of rotatable bonds is 6. The molecule has 0 bridgehead atoms. The van der Waals surface area contributed by atoms with Crippen molar-refractivity contribution < 1.29 is 19.2 Å². The van der Waals surface area contributed by atoms with E-state index in [2.05, 4.69) is 5.32 Å². The summed E-state index contributed by atoms with van der Waals surface area (Å²) < 4.78 is 5.99. The van der Waals surface area contributed by atoms with Crippen LogP contribution in [0, 0.1) is 10.1 Å². The maximum Gasteiger partial charge on any atom is 0.338 e. The molecular weight excluding hydrogens is 364 g/mol. The lowest BCUT2D eigenvalue weighted by Gasteiger charge is -2.22. The van der Waals surface area contributed by atoms with Crippen molar-refractivity contribution in [1.29, 1.82) is 0 Å². The van der Waals surface area contributed by atoms with Crippen LogP contribution in [0.25, 0.3) is 0 Å². The molecule has 1 N–H and O–H groups in total. The summed E-state index contributed by atoms with van der Waals surface area (Å²) in [6.07, 6.45) is 0. The standard InChI is InChI=1S/C16H18N2O5S2/c1-3-23-15(20)13(16-24-8-9-25-16)14(17-10(2)19)11-4-6-12(7-5-11)18(21)22/h4-7,14H,3,8-9H2,1-2H3,(H,17,19). The van der Waals surface area contributed by atoms with Crippen LogP contribution >= 0.6 is 23.5 Å². The lowest BCUT2D eigenvalue weighted by Crippen LogP contribution is -2.31. The molecular formula is C16H18N2O5S2. The molecule has 1 fully saturated rings. The Morgan fingerprint density at radius 2 is 1.88 bits per heavy atom. The monoisotopic (exact) mass is 382 g/mol. The minimum Gasteiger partial charge on any atom is -0.463 e. The van der Waals surface area contributed by atoms with Gasteiger partial charge in [-0.2, -0.15) is 0 Å². The van der Waals surface area contributed by atoms with Gasteiger partial charge < -0.3 is 10.1 Å². The molecule has 0 aliphatic carbocycles. The van der Waals surface area contributed by atoms with Crippen molar-refractivity contribution in [3.8, 4) is 0 Å². The first-order valence-electron chi connectivity index (χ1n) is 7.62. The zero-order valence-corrected chi connectivity index (χ0v) is 15.4. The number of hydrogen-bond donors (Lipinski definition) is 1. The normalized spacial score (nSPS) is 14.7. The zero-order valence-electron chi connectivity index (χ0n) is 13.8. The molecule has 0 aromatic heterocycles. The molecule has 1 aromatic carbocycles. The van der Waals surface area contributed by atoms with Crippen LogP contribution in [0.3, 0.4) is 0 Å². The largest absolute Gasteiger partial charge is 0.463 e. The maximum atomic E-state index is 12.5. The van der Waals surface area contributed by atoms with E-state index in [1.165, 1.54) is 19.1 Å². The van der Waals surface area contributed by atoms with Gasteiger partial charge in [-0.15, -0.1) is 23.5 Å². The summed E-state index contributed by atoms with van der Waals surface area (Å²) in [7, 11) is 0. The molecule has 1 heterocycles. The number of non-ortho nitro benzene ring substituents is 1. The third kappa shape index (κ3) is 4.99. The van der Waals surface area contributed by atoms with E-state index in [-0.39, 0.29) is 18.2 Å². The summed E-state index contributed by atoms with van der Waals surface area (Å²) in [4.78, 5) is 34.6. The Kier molecular flexibility index (Phi) is 6.89. The molecule has 2 rings (SSSR count). The second kappa shape index (κ2) is 8.91. The molecule has 1 amide bonds. The summed E-state index contributed by atoms with van der Waals surface area (Å²) in [5.41, 5.74) is 0.906. The van der Waals surface area contributed by atoms with E-state index in [4.69, 9.17) is 4.74 Å². The quantitative estimate of drug-likeness (QED) is 0.349. The number of nitro benzene ring substituents is 1.